The summed E-state index contributed by atoms with van der Waals surface area (Å²) >= 11 is 0. The molecule has 9 heteroatoms. The van der Waals surface area contributed by atoms with Crippen molar-refractivity contribution in [3.63, 3.8) is 0 Å². The van der Waals surface area contributed by atoms with Crippen LogP contribution in [0.3, 0.4) is 0 Å². The van der Waals surface area contributed by atoms with Crippen molar-refractivity contribution in [2.75, 3.05) is 0 Å². The van der Waals surface area contributed by atoms with E-state index in [4.69, 9.17) is 0 Å². The lowest BCUT2D eigenvalue weighted by Crippen LogP contribution is -2.57. The second-order valence-electron chi connectivity index (χ2n) is 9.27. The third-order valence-corrected chi connectivity index (χ3v) is 7.07. The first kappa shape index (κ1) is 24.1. The van der Waals surface area contributed by atoms with E-state index in [-0.39, 0.29) is 12.1 Å². The molecular weight excluding hydrogens is 474 g/mol. The highest BCUT2D eigenvalue weighted by atomic mass is 16.6. The van der Waals surface area contributed by atoms with Gasteiger partial charge in [0.05, 0.1) is 16.8 Å². The molecule has 2 amide bonds. The number of nitro groups is 1. The number of hydrogen-bond acceptors (Lipinski definition) is 6. The summed E-state index contributed by atoms with van der Waals surface area (Å²) in [6.07, 6.45) is 3.80. The first-order valence-corrected chi connectivity index (χ1v) is 11.7. The molecule has 3 aromatic carbocycles. The molecular formula is C28H23N3O6. The quantitative estimate of drug-likeness (QED) is 0.197. The molecule has 0 spiro atoms. The first-order chi connectivity index (χ1) is 17.8. The topological polar surface area (TPSA) is 139 Å². The summed E-state index contributed by atoms with van der Waals surface area (Å²) in [6.45, 7) is 0. The number of nitro benzene ring substituents is 1. The Morgan fingerprint density at radius 2 is 1.54 bits per heavy atom. The number of carbonyl (C=O) groups is 3. The summed E-state index contributed by atoms with van der Waals surface area (Å²) in [5, 5.41) is 26.8. The number of hydrogen-bond donors (Lipinski definition) is 3. The largest absolute Gasteiger partial charge is 0.480 e. The molecule has 0 bridgehead atoms. The van der Waals surface area contributed by atoms with Gasteiger partial charge in [0.1, 0.15) is 5.54 Å². The molecule has 0 aromatic heterocycles. The van der Waals surface area contributed by atoms with Crippen LogP contribution in [0, 0.1) is 22.0 Å². The van der Waals surface area contributed by atoms with Crippen molar-refractivity contribution in [2.24, 2.45) is 11.8 Å². The first-order valence-electron chi connectivity index (χ1n) is 11.7. The molecule has 37 heavy (non-hydrogen) atoms. The highest BCUT2D eigenvalue weighted by Gasteiger charge is 2.66. The van der Waals surface area contributed by atoms with E-state index in [2.05, 4.69) is 10.6 Å². The zero-order valence-electron chi connectivity index (χ0n) is 19.5. The van der Waals surface area contributed by atoms with Crippen molar-refractivity contribution < 1.29 is 24.4 Å². The van der Waals surface area contributed by atoms with Gasteiger partial charge in [0.15, 0.2) is 0 Å². The number of carboxylic acids is 1. The van der Waals surface area contributed by atoms with Crippen LogP contribution in [0.15, 0.2) is 78.9 Å². The minimum atomic E-state index is -1.77. The summed E-state index contributed by atoms with van der Waals surface area (Å²) < 4.78 is 0. The van der Waals surface area contributed by atoms with Crippen LogP contribution in [-0.2, 0) is 20.8 Å². The normalized spacial score (nSPS) is 24.7. The minimum Gasteiger partial charge on any atom is -0.480 e. The highest BCUT2D eigenvalue weighted by molar-refractivity contribution is 6.09. The van der Waals surface area contributed by atoms with Crippen LogP contribution >= 0.6 is 0 Å². The van der Waals surface area contributed by atoms with Gasteiger partial charge in [-0.25, -0.2) is 0 Å². The predicted octanol–water partition coefficient (Wildman–Crippen LogP) is 3.36. The lowest BCUT2D eigenvalue weighted by molar-refractivity contribution is -0.384. The van der Waals surface area contributed by atoms with Crippen molar-refractivity contribution in [1.82, 2.24) is 10.6 Å². The number of benzene rings is 3. The van der Waals surface area contributed by atoms with Crippen molar-refractivity contribution >= 4 is 35.6 Å². The Labute approximate surface area is 212 Å². The van der Waals surface area contributed by atoms with E-state index in [1.807, 2.05) is 66.7 Å². The number of imide groups is 1. The van der Waals surface area contributed by atoms with Gasteiger partial charge in [0.25, 0.3) is 5.69 Å². The maximum Gasteiger partial charge on any atom is 0.325 e. The fraction of sp³-hybridized carbons (Fsp3) is 0.179. The molecule has 3 N–H and O–H groups in total. The fourth-order valence-corrected chi connectivity index (χ4v) is 5.28. The number of carboxylic acid groups (broad SMARTS) is 1. The van der Waals surface area contributed by atoms with E-state index in [9.17, 15) is 29.6 Å². The van der Waals surface area contributed by atoms with Gasteiger partial charge >= 0.3 is 5.97 Å². The number of fused-ring (bicyclic) bond motifs is 1. The molecule has 2 fully saturated rings. The third kappa shape index (κ3) is 4.41. The summed E-state index contributed by atoms with van der Waals surface area (Å²) in [7, 11) is 0. The maximum absolute atomic E-state index is 12.8. The standard InChI is InChI=1S/C28H23N3O6/c32-25-22-23(26(33)29-25)28(27(34)35,16-19-10-14-21(15-11-19)31(36)37)30-24(22)20-12-8-18(9-13-20)7-6-17-4-2-1-3-5-17/h1-15,22-24,30H,16H2,(H,34,35)(H,29,32,33)/b7-6+. The average Bonchev–Trinajstić information content (AvgIpc) is 3.40. The minimum absolute atomic E-state index is 0.126. The van der Waals surface area contributed by atoms with Gasteiger partial charge in [-0.15, -0.1) is 0 Å². The maximum atomic E-state index is 12.8. The van der Waals surface area contributed by atoms with Crippen LogP contribution in [0.25, 0.3) is 12.2 Å². The number of nitrogens with one attached hydrogen (secondary N) is 2. The second-order valence-corrected chi connectivity index (χ2v) is 9.27. The lowest BCUT2D eigenvalue weighted by atomic mass is 9.76. The lowest BCUT2D eigenvalue weighted by Gasteiger charge is -2.30. The Kier molecular flexibility index (Phi) is 6.14. The Balaban J connectivity index is 1.46. The van der Waals surface area contributed by atoms with Crippen molar-refractivity contribution in [3.05, 3.63) is 111 Å². The Hall–Kier alpha value is -4.63. The van der Waals surface area contributed by atoms with Gasteiger partial charge in [-0.2, -0.15) is 0 Å². The predicted molar refractivity (Wildman–Crippen MR) is 135 cm³/mol. The van der Waals surface area contributed by atoms with E-state index in [1.54, 1.807) is 0 Å². The van der Waals surface area contributed by atoms with Crippen LogP contribution in [0.4, 0.5) is 5.69 Å². The highest BCUT2D eigenvalue weighted by Crippen LogP contribution is 2.47. The molecule has 186 valence electrons. The number of carbonyl (C=O) groups excluding carboxylic acids is 2. The van der Waals surface area contributed by atoms with Gasteiger partial charge in [0.2, 0.25) is 11.8 Å². The van der Waals surface area contributed by atoms with Crippen LogP contribution in [0.1, 0.15) is 28.3 Å². The fourth-order valence-electron chi connectivity index (χ4n) is 5.28. The molecule has 2 aliphatic rings. The van der Waals surface area contributed by atoms with Crippen LogP contribution in [-0.4, -0.2) is 33.4 Å². The van der Waals surface area contributed by atoms with Gasteiger partial charge in [-0.3, -0.25) is 35.1 Å². The Bertz CT molecular complexity index is 1400. The number of non-ortho nitro benzene ring substituents is 1. The second kappa shape index (κ2) is 9.44. The molecule has 0 saturated carbocycles. The van der Waals surface area contributed by atoms with E-state index in [1.165, 1.54) is 24.3 Å². The molecule has 2 aliphatic heterocycles. The molecule has 0 aliphatic carbocycles. The summed E-state index contributed by atoms with van der Waals surface area (Å²) in [5.41, 5.74) is 1.25. The molecule has 5 rings (SSSR count). The van der Waals surface area contributed by atoms with Crippen molar-refractivity contribution in [1.29, 1.82) is 0 Å². The summed E-state index contributed by atoms with van der Waals surface area (Å²) in [4.78, 5) is 48.8. The van der Waals surface area contributed by atoms with Gasteiger partial charge in [-0.1, -0.05) is 78.9 Å². The van der Waals surface area contributed by atoms with Crippen LogP contribution in [0.5, 0.6) is 0 Å². The summed E-state index contributed by atoms with van der Waals surface area (Å²) in [6, 6.07) is 22.0. The average molecular weight is 498 g/mol. The van der Waals surface area contributed by atoms with Gasteiger partial charge < -0.3 is 5.11 Å². The number of nitrogens with zero attached hydrogens (tertiary/aromatic N) is 1. The van der Waals surface area contributed by atoms with E-state index in [0.717, 1.165) is 11.1 Å². The van der Waals surface area contributed by atoms with Gasteiger partial charge in [0, 0.05) is 24.6 Å². The molecule has 2 saturated heterocycles. The SMILES string of the molecule is O=C1NC(=O)C2C1C(c1ccc(/C=C/c3ccccc3)cc1)NC2(Cc1ccc([N+](=O)[O-])cc1)C(=O)O. The van der Waals surface area contributed by atoms with Gasteiger partial charge in [-0.05, 0) is 22.3 Å². The van der Waals surface area contributed by atoms with Crippen LogP contribution in [0.2, 0.25) is 0 Å². The van der Waals surface area contributed by atoms with E-state index < -0.39 is 46.1 Å². The van der Waals surface area contributed by atoms with E-state index in [0.29, 0.717) is 11.1 Å². The zero-order valence-corrected chi connectivity index (χ0v) is 19.5. The molecule has 4 atom stereocenters. The summed E-state index contributed by atoms with van der Waals surface area (Å²) in [5.74, 6) is -4.48. The third-order valence-electron chi connectivity index (χ3n) is 7.07. The van der Waals surface area contributed by atoms with Crippen LogP contribution < -0.4 is 10.6 Å². The van der Waals surface area contributed by atoms with E-state index >= 15 is 0 Å². The molecule has 0 radical (unpaired) electrons. The molecule has 2 heterocycles. The van der Waals surface area contributed by atoms with Crippen molar-refractivity contribution in [3.8, 4) is 0 Å². The molecule has 3 aromatic rings. The molecule has 4 unspecified atom stereocenters. The number of aliphatic carboxylic acids is 1. The monoisotopic (exact) mass is 497 g/mol. The number of amides is 2. The Morgan fingerprint density at radius 3 is 2.14 bits per heavy atom. The van der Waals surface area contributed by atoms with Crippen molar-refractivity contribution in [2.45, 2.75) is 18.0 Å². The number of rotatable bonds is 7. The molecule has 9 nitrogen and oxygen atoms in total. The zero-order chi connectivity index (χ0) is 26.2. The Morgan fingerprint density at radius 1 is 0.919 bits per heavy atom. The smallest absolute Gasteiger partial charge is 0.325 e.